The van der Waals surface area contributed by atoms with Crippen LogP contribution in [0.1, 0.15) is 39.5 Å². The Labute approximate surface area is 96.4 Å². The second-order valence-corrected chi connectivity index (χ2v) is 3.97. The molecule has 0 saturated heterocycles. The first-order valence-electron chi connectivity index (χ1n) is 5.75. The second-order valence-electron chi connectivity index (χ2n) is 3.97. The summed E-state index contributed by atoms with van der Waals surface area (Å²) in [5.41, 5.74) is 5.47. The van der Waals surface area contributed by atoms with E-state index in [1.165, 1.54) is 0 Å². The van der Waals surface area contributed by atoms with Gasteiger partial charge in [0.05, 0.1) is 6.04 Å². The summed E-state index contributed by atoms with van der Waals surface area (Å²) in [4.78, 5) is 22.7. The van der Waals surface area contributed by atoms with Crippen LogP contribution in [0.2, 0.25) is 0 Å². The maximum atomic E-state index is 11.4. The van der Waals surface area contributed by atoms with Gasteiger partial charge in [0.2, 0.25) is 11.8 Å². The lowest BCUT2D eigenvalue weighted by Gasteiger charge is -2.13. The highest BCUT2D eigenvalue weighted by atomic mass is 16.3. The van der Waals surface area contributed by atoms with Crippen LogP contribution < -0.4 is 11.1 Å². The van der Waals surface area contributed by atoms with E-state index in [4.69, 9.17) is 10.8 Å². The van der Waals surface area contributed by atoms with Crippen molar-refractivity contribution in [1.29, 1.82) is 0 Å². The summed E-state index contributed by atoms with van der Waals surface area (Å²) in [7, 11) is 0. The number of amides is 2. The first-order valence-corrected chi connectivity index (χ1v) is 5.75. The third-order valence-electron chi connectivity index (χ3n) is 2.47. The molecule has 4 N–H and O–H groups in total. The number of aliphatic hydroxyl groups is 1. The zero-order chi connectivity index (χ0) is 12.6. The molecule has 0 spiro atoms. The summed E-state index contributed by atoms with van der Waals surface area (Å²) in [5.74, 6) is -0.877. The van der Waals surface area contributed by atoms with Gasteiger partial charge in [-0.2, -0.15) is 0 Å². The Kier molecular flexibility index (Phi) is 7.76. The molecule has 2 amide bonds. The number of rotatable bonds is 7. The van der Waals surface area contributed by atoms with Crippen LogP contribution in [0.3, 0.4) is 0 Å². The number of carbonyl (C=O) groups excluding carboxylic acids is 2. The molecule has 0 fully saturated rings. The lowest BCUT2D eigenvalue weighted by molar-refractivity contribution is -0.131. The molecule has 0 aliphatic carbocycles. The van der Waals surface area contributed by atoms with E-state index in [-0.39, 0.29) is 24.9 Å². The minimum atomic E-state index is -0.636. The van der Waals surface area contributed by atoms with Crippen LogP contribution in [-0.2, 0) is 9.59 Å². The molecule has 0 rings (SSSR count). The van der Waals surface area contributed by atoms with E-state index in [2.05, 4.69) is 5.32 Å². The van der Waals surface area contributed by atoms with Crippen LogP contribution in [0.4, 0.5) is 0 Å². The van der Waals surface area contributed by atoms with Crippen molar-refractivity contribution in [2.75, 3.05) is 6.61 Å². The first kappa shape index (κ1) is 15.1. The maximum absolute atomic E-state index is 11.4. The fourth-order valence-corrected chi connectivity index (χ4v) is 1.39. The van der Waals surface area contributed by atoms with Crippen LogP contribution in [-0.4, -0.2) is 29.6 Å². The number of aliphatic hydroxyl groups excluding tert-OH is 1. The zero-order valence-corrected chi connectivity index (χ0v) is 10.0. The van der Waals surface area contributed by atoms with Crippen molar-refractivity contribution in [2.24, 2.45) is 11.7 Å². The molecular weight excluding hydrogens is 208 g/mol. The number of nitrogens with one attached hydrogen (secondary N) is 1. The van der Waals surface area contributed by atoms with Gasteiger partial charge in [-0.25, -0.2) is 0 Å². The summed E-state index contributed by atoms with van der Waals surface area (Å²) in [5, 5.41) is 11.2. The predicted octanol–water partition coefficient (Wildman–Crippen LogP) is 0.165. The topological polar surface area (TPSA) is 92.4 Å². The third kappa shape index (κ3) is 5.82. The molecule has 16 heavy (non-hydrogen) atoms. The van der Waals surface area contributed by atoms with Crippen molar-refractivity contribution in [3.05, 3.63) is 0 Å². The van der Waals surface area contributed by atoms with Crippen LogP contribution in [0, 0.1) is 5.92 Å². The Morgan fingerprint density at radius 2 is 2.00 bits per heavy atom. The van der Waals surface area contributed by atoms with E-state index in [1.54, 1.807) is 6.92 Å². The van der Waals surface area contributed by atoms with Gasteiger partial charge in [0.25, 0.3) is 0 Å². The average Bonchev–Trinajstić information content (AvgIpc) is 2.27. The minimum absolute atomic E-state index is 0.0325. The first-order chi connectivity index (χ1) is 7.54. The molecule has 0 saturated carbocycles. The minimum Gasteiger partial charge on any atom is -0.396 e. The Bertz CT molecular complexity index is 231. The Hall–Kier alpha value is -0.940. The third-order valence-corrected chi connectivity index (χ3v) is 2.47. The average molecular weight is 230 g/mol. The fraction of sp³-hybridized carbons (Fsp3) is 0.818. The number of hydrogen-bond donors (Lipinski definition) is 3. The molecule has 0 bridgehead atoms. The summed E-state index contributed by atoms with van der Waals surface area (Å²) in [6.45, 7) is 3.73. The van der Waals surface area contributed by atoms with Gasteiger partial charge >= 0.3 is 0 Å². The zero-order valence-electron chi connectivity index (χ0n) is 10.0. The van der Waals surface area contributed by atoms with Crippen molar-refractivity contribution < 1.29 is 14.7 Å². The molecule has 0 aliphatic rings. The van der Waals surface area contributed by atoms with Gasteiger partial charge in [-0.05, 0) is 18.8 Å². The van der Waals surface area contributed by atoms with Crippen molar-refractivity contribution in [3.63, 3.8) is 0 Å². The molecule has 0 aromatic rings. The van der Waals surface area contributed by atoms with Crippen molar-refractivity contribution in [2.45, 2.75) is 45.6 Å². The van der Waals surface area contributed by atoms with E-state index in [0.717, 1.165) is 12.8 Å². The number of imide groups is 1. The standard InChI is InChI=1S/C11H22N2O3/c1-3-5-8(7-14)6-10(15)13-11(16)9(12)4-2/h8-9,14H,3-7,12H2,1-2H3,(H,13,15,16)/t8-,9+/m0/s1. The molecule has 2 atom stereocenters. The van der Waals surface area contributed by atoms with Gasteiger partial charge in [-0.3, -0.25) is 14.9 Å². The van der Waals surface area contributed by atoms with Gasteiger partial charge in [-0.15, -0.1) is 0 Å². The van der Waals surface area contributed by atoms with Gasteiger partial charge < -0.3 is 10.8 Å². The summed E-state index contributed by atoms with van der Waals surface area (Å²) in [6, 6.07) is -0.636. The maximum Gasteiger partial charge on any atom is 0.243 e. The summed E-state index contributed by atoms with van der Waals surface area (Å²) >= 11 is 0. The SMILES string of the molecule is CCC[C@H](CO)CC(=O)NC(=O)[C@H](N)CC. The van der Waals surface area contributed by atoms with E-state index < -0.39 is 11.9 Å². The van der Waals surface area contributed by atoms with E-state index in [0.29, 0.717) is 6.42 Å². The van der Waals surface area contributed by atoms with Gasteiger partial charge in [0.1, 0.15) is 0 Å². The lowest BCUT2D eigenvalue weighted by Crippen LogP contribution is -2.43. The molecule has 0 aliphatic heterocycles. The Balaban J connectivity index is 4.01. The Morgan fingerprint density at radius 3 is 2.44 bits per heavy atom. The van der Waals surface area contributed by atoms with Crippen molar-refractivity contribution in [1.82, 2.24) is 5.32 Å². The van der Waals surface area contributed by atoms with E-state index in [1.807, 2.05) is 6.92 Å². The lowest BCUT2D eigenvalue weighted by atomic mass is 10.0. The fourth-order valence-electron chi connectivity index (χ4n) is 1.39. The van der Waals surface area contributed by atoms with E-state index in [9.17, 15) is 9.59 Å². The molecule has 5 heteroatoms. The van der Waals surface area contributed by atoms with Crippen molar-refractivity contribution >= 4 is 11.8 Å². The molecule has 0 unspecified atom stereocenters. The largest absolute Gasteiger partial charge is 0.396 e. The van der Waals surface area contributed by atoms with Gasteiger partial charge in [-0.1, -0.05) is 20.3 Å². The van der Waals surface area contributed by atoms with Gasteiger partial charge in [0, 0.05) is 13.0 Å². The van der Waals surface area contributed by atoms with Crippen LogP contribution in [0.15, 0.2) is 0 Å². The number of nitrogens with two attached hydrogens (primary N) is 1. The highest BCUT2D eigenvalue weighted by molar-refractivity contribution is 5.97. The highest BCUT2D eigenvalue weighted by Crippen LogP contribution is 2.09. The predicted molar refractivity (Wildman–Crippen MR) is 61.5 cm³/mol. The van der Waals surface area contributed by atoms with Gasteiger partial charge in [0.15, 0.2) is 0 Å². The molecule has 0 heterocycles. The van der Waals surface area contributed by atoms with Crippen LogP contribution in [0.25, 0.3) is 0 Å². The quantitative estimate of drug-likeness (QED) is 0.581. The van der Waals surface area contributed by atoms with Crippen LogP contribution in [0.5, 0.6) is 0 Å². The monoisotopic (exact) mass is 230 g/mol. The molecule has 0 radical (unpaired) electrons. The van der Waals surface area contributed by atoms with Crippen LogP contribution >= 0.6 is 0 Å². The number of hydrogen-bond acceptors (Lipinski definition) is 4. The molecular formula is C11H22N2O3. The van der Waals surface area contributed by atoms with E-state index >= 15 is 0 Å². The highest BCUT2D eigenvalue weighted by Gasteiger charge is 2.17. The molecule has 5 nitrogen and oxygen atoms in total. The molecule has 0 aromatic carbocycles. The summed E-state index contributed by atoms with van der Waals surface area (Å²) in [6.07, 6.45) is 2.35. The molecule has 94 valence electrons. The smallest absolute Gasteiger partial charge is 0.243 e. The van der Waals surface area contributed by atoms with Crippen molar-refractivity contribution in [3.8, 4) is 0 Å². The molecule has 0 aromatic heterocycles. The Morgan fingerprint density at radius 1 is 1.38 bits per heavy atom. The second kappa shape index (κ2) is 8.24. The summed E-state index contributed by atoms with van der Waals surface area (Å²) < 4.78 is 0. The normalized spacial score (nSPS) is 14.2. The number of carbonyl (C=O) groups is 2.